The Balaban J connectivity index is 1.46. The van der Waals surface area contributed by atoms with Gasteiger partial charge in [0.25, 0.3) is 0 Å². The molecule has 4 rings (SSSR count). The number of carbonyl (C=O) groups is 2. The summed E-state index contributed by atoms with van der Waals surface area (Å²) in [6, 6.07) is 16.8. The molecule has 1 atom stereocenters. The number of nitrogens with zero attached hydrogens (tertiary/aromatic N) is 4. The van der Waals surface area contributed by atoms with Gasteiger partial charge in [0, 0.05) is 30.1 Å². The number of unbranched alkanes of at least 4 members (excludes halogenated alkanes) is 4. The van der Waals surface area contributed by atoms with Crippen molar-refractivity contribution in [2.24, 2.45) is 0 Å². The number of piperidine rings is 1. The third-order valence-corrected chi connectivity index (χ3v) is 7.29. The second-order valence-electron chi connectivity index (χ2n) is 9.96. The maximum atomic E-state index is 13.6. The van der Waals surface area contributed by atoms with Crippen molar-refractivity contribution in [3.05, 3.63) is 71.1 Å². The Hall–Kier alpha value is -3.19. The molecule has 1 unspecified atom stereocenters. The summed E-state index contributed by atoms with van der Waals surface area (Å²) in [5, 5.41) is 4.79. The molecule has 2 aromatic carbocycles. The Morgan fingerprint density at radius 2 is 1.79 bits per heavy atom. The highest BCUT2D eigenvalue weighted by molar-refractivity contribution is 6.30. The van der Waals surface area contributed by atoms with Gasteiger partial charge in [0.2, 0.25) is 23.5 Å². The normalized spacial score (nSPS) is 15.4. The van der Waals surface area contributed by atoms with Crippen LogP contribution >= 0.6 is 11.6 Å². The van der Waals surface area contributed by atoms with Crippen molar-refractivity contribution in [2.75, 3.05) is 13.1 Å². The number of carbonyl (C=O) groups excluding carboxylic acids is 2. The molecule has 0 aliphatic carbocycles. The van der Waals surface area contributed by atoms with Crippen LogP contribution in [-0.2, 0) is 16.1 Å². The molecule has 3 aromatic rings. The van der Waals surface area contributed by atoms with E-state index < -0.39 is 0 Å². The van der Waals surface area contributed by atoms with Crippen LogP contribution in [0.15, 0.2) is 59.1 Å². The fourth-order valence-electron chi connectivity index (χ4n) is 4.90. The van der Waals surface area contributed by atoms with E-state index >= 15 is 0 Å². The third-order valence-electron chi connectivity index (χ3n) is 7.04. The second-order valence-corrected chi connectivity index (χ2v) is 10.4. The van der Waals surface area contributed by atoms with Crippen LogP contribution in [0.25, 0.3) is 11.4 Å². The first-order chi connectivity index (χ1) is 18.5. The molecule has 2 amide bonds. The molecular formula is C30H37ClN4O3. The molecule has 7 nitrogen and oxygen atoms in total. The van der Waals surface area contributed by atoms with E-state index in [2.05, 4.69) is 17.1 Å². The average molecular weight is 537 g/mol. The van der Waals surface area contributed by atoms with Gasteiger partial charge in [-0.15, -0.1) is 0 Å². The predicted octanol–water partition coefficient (Wildman–Crippen LogP) is 6.83. The molecule has 1 fully saturated rings. The molecule has 0 N–H and O–H groups in total. The molecule has 202 valence electrons. The molecule has 0 spiro atoms. The van der Waals surface area contributed by atoms with Crippen molar-refractivity contribution in [1.29, 1.82) is 0 Å². The Labute approximate surface area is 230 Å². The highest BCUT2D eigenvalue weighted by atomic mass is 35.5. The van der Waals surface area contributed by atoms with Crippen LogP contribution < -0.4 is 0 Å². The molecular weight excluding hydrogens is 500 g/mol. The summed E-state index contributed by atoms with van der Waals surface area (Å²) in [7, 11) is 0. The quantitative estimate of drug-likeness (QED) is 0.237. The number of halogens is 1. The monoisotopic (exact) mass is 536 g/mol. The largest absolute Gasteiger partial charge is 0.337 e. The van der Waals surface area contributed by atoms with Gasteiger partial charge in [-0.3, -0.25) is 9.59 Å². The van der Waals surface area contributed by atoms with E-state index in [0.29, 0.717) is 36.2 Å². The van der Waals surface area contributed by atoms with Crippen LogP contribution in [-0.4, -0.2) is 44.8 Å². The third kappa shape index (κ3) is 7.67. The Bertz CT molecular complexity index is 1170. The van der Waals surface area contributed by atoms with Crippen LogP contribution in [0.4, 0.5) is 0 Å². The van der Waals surface area contributed by atoms with E-state index in [4.69, 9.17) is 16.1 Å². The van der Waals surface area contributed by atoms with Gasteiger partial charge < -0.3 is 14.3 Å². The number of rotatable bonds is 12. The zero-order valence-corrected chi connectivity index (χ0v) is 22.9. The molecule has 2 heterocycles. The summed E-state index contributed by atoms with van der Waals surface area (Å²) < 4.78 is 5.63. The molecule has 1 saturated heterocycles. The highest BCUT2D eigenvalue weighted by Gasteiger charge is 2.33. The van der Waals surface area contributed by atoms with Crippen LogP contribution in [0, 0.1) is 0 Å². The van der Waals surface area contributed by atoms with Crippen molar-refractivity contribution in [1.82, 2.24) is 19.9 Å². The lowest BCUT2D eigenvalue weighted by molar-refractivity contribution is -0.143. The molecule has 1 aliphatic rings. The van der Waals surface area contributed by atoms with E-state index in [9.17, 15) is 9.59 Å². The van der Waals surface area contributed by atoms with Crippen molar-refractivity contribution in [3.8, 4) is 11.4 Å². The number of hydrogen-bond acceptors (Lipinski definition) is 5. The van der Waals surface area contributed by atoms with Gasteiger partial charge in [-0.2, -0.15) is 4.98 Å². The van der Waals surface area contributed by atoms with Gasteiger partial charge in [-0.05, 0) is 55.5 Å². The van der Waals surface area contributed by atoms with Gasteiger partial charge in [0.15, 0.2) is 0 Å². The average Bonchev–Trinajstić information content (AvgIpc) is 3.43. The first kappa shape index (κ1) is 27.8. The number of hydrogen-bond donors (Lipinski definition) is 0. The molecule has 38 heavy (non-hydrogen) atoms. The molecule has 0 bridgehead atoms. The van der Waals surface area contributed by atoms with Gasteiger partial charge in [0.1, 0.15) is 12.6 Å². The Kier molecular flexibility index (Phi) is 10.3. The van der Waals surface area contributed by atoms with E-state index in [0.717, 1.165) is 49.7 Å². The van der Waals surface area contributed by atoms with Crippen molar-refractivity contribution < 1.29 is 14.1 Å². The first-order valence-electron chi connectivity index (χ1n) is 13.8. The van der Waals surface area contributed by atoms with Gasteiger partial charge in [-0.25, -0.2) is 0 Å². The summed E-state index contributed by atoms with van der Waals surface area (Å²) in [6.45, 7) is 3.24. The summed E-state index contributed by atoms with van der Waals surface area (Å²) in [5.41, 5.74) is 1.82. The van der Waals surface area contributed by atoms with Crippen molar-refractivity contribution >= 4 is 23.4 Å². The number of aromatic nitrogens is 2. The zero-order valence-electron chi connectivity index (χ0n) is 22.2. The van der Waals surface area contributed by atoms with Crippen molar-refractivity contribution in [3.63, 3.8) is 0 Å². The fraction of sp³-hybridized carbons (Fsp3) is 0.467. The maximum absolute atomic E-state index is 13.6. The molecule has 8 heteroatoms. The van der Waals surface area contributed by atoms with Crippen LogP contribution in [0.3, 0.4) is 0 Å². The fourth-order valence-corrected chi connectivity index (χ4v) is 5.03. The molecule has 1 aliphatic heterocycles. The molecule has 0 radical (unpaired) electrons. The van der Waals surface area contributed by atoms with Crippen molar-refractivity contribution in [2.45, 2.75) is 77.3 Å². The highest BCUT2D eigenvalue weighted by Crippen LogP contribution is 2.31. The topological polar surface area (TPSA) is 79.5 Å². The zero-order chi connectivity index (χ0) is 26.7. The van der Waals surface area contributed by atoms with E-state index in [-0.39, 0.29) is 24.4 Å². The lowest BCUT2D eigenvalue weighted by atomic mass is 10.0. The Morgan fingerprint density at radius 1 is 1.03 bits per heavy atom. The summed E-state index contributed by atoms with van der Waals surface area (Å²) in [5.74, 6) is 0.838. The van der Waals surface area contributed by atoms with E-state index in [1.54, 1.807) is 17.0 Å². The van der Waals surface area contributed by atoms with E-state index in [1.807, 2.05) is 47.4 Å². The SMILES string of the molecule is CCCCCCCC(=O)N(CC(=O)N1CCCCC1c1nc(-c2ccc(Cl)cc2)no1)Cc1ccccc1. The molecule has 1 aromatic heterocycles. The minimum absolute atomic E-state index is 0.0232. The van der Waals surface area contributed by atoms with E-state index in [1.165, 1.54) is 12.8 Å². The number of likely N-dealkylation sites (tertiary alicyclic amines) is 1. The smallest absolute Gasteiger partial charge is 0.249 e. The lowest BCUT2D eigenvalue weighted by Gasteiger charge is -2.35. The minimum Gasteiger partial charge on any atom is -0.337 e. The minimum atomic E-state index is -0.299. The summed E-state index contributed by atoms with van der Waals surface area (Å²) >= 11 is 6.01. The summed E-state index contributed by atoms with van der Waals surface area (Å²) in [4.78, 5) is 35.0. The Morgan fingerprint density at radius 3 is 2.55 bits per heavy atom. The molecule has 0 saturated carbocycles. The lowest BCUT2D eigenvalue weighted by Crippen LogP contribution is -2.45. The van der Waals surface area contributed by atoms with Crippen LogP contribution in [0.5, 0.6) is 0 Å². The van der Waals surface area contributed by atoms with Crippen LogP contribution in [0.1, 0.15) is 82.2 Å². The van der Waals surface area contributed by atoms with Crippen LogP contribution in [0.2, 0.25) is 5.02 Å². The maximum Gasteiger partial charge on any atom is 0.249 e. The van der Waals surface area contributed by atoms with Gasteiger partial charge >= 0.3 is 0 Å². The second kappa shape index (κ2) is 14.1. The summed E-state index contributed by atoms with van der Waals surface area (Å²) in [6.07, 6.45) is 8.46. The number of amides is 2. The van der Waals surface area contributed by atoms with Gasteiger partial charge in [-0.1, -0.05) is 79.7 Å². The van der Waals surface area contributed by atoms with Gasteiger partial charge in [0.05, 0.1) is 0 Å². The number of benzene rings is 2. The first-order valence-corrected chi connectivity index (χ1v) is 14.1. The standard InChI is InChI=1S/C30H37ClN4O3/c1-2-3-4-5-9-15-27(36)34(21-23-12-7-6-8-13-23)22-28(37)35-20-11-10-14-26(35)30-32-29(33-38-30)24-16-18-25(31)19-17-24/h6-8,12-13,16-19,26H,2-5,9-11,14-15,20-22H2,1H3. The predicted molar refractivity (Wildman–Crippen MR) is 148 cm³/mol.